The molecule has 8 nitrogen and oxygen atoms in total. The number of rotatable bonds is 5. The Morgan fingerprint density at radius 1 is 1.18 bits per heavy atom. The maximum Gasteiger partial charge on any atom is 0.229 e. The number of nitrogens with one attached hydrogen (secondary N) is 2. The number of anilines is 3. The zero-order chi connectivity index (χ0) is 19.7. The lowest BCUT2D eigenvalue weighted by Crippen LogP contribution is -2.27. The average Bonchev–Trinajstić information content (AvgIpc) is 3.10. The zero-order valence-electron chi connectivity index (χ0n) is 16.7. The number of aryl methyl sites for hydroxylation is 1. The van der Waals surface area contributed by atoms with Crippen molar-refractivity contribution in [2.24, 2.45) is 0 Å². The number of methoxy groups -OCH3 is 1. The van der Waals surface area contributed by atoms with Crippen LogP contribution < -0.4 is 15.4 Å². The summed E-state index contributed by atoms with van der Waals surface area (Å²) in [5, 5.41) is 11.0. The van der Waals surface area contributed by atoms with E-state index in [0.717, 1.165) is 48.1 Å². The van der Waals surface area contributed by atoms with Gasteiger partial charge < -0.3 is 20.3 Å². The molecular weight excluding hydrogens is 354 g/mol. The molecule has 1 aliphatic rings. The summed E-state index contributed by atoms with van der Waals surface area (Å²) in [6.45, 7) is 3.88. The van der Waals surface area contributed by atoms with E-state index < -0.39 is 0 Å². The molecule has 0 saturated heterocycles. The molecule has 4 rings (SSSR count). The van der Waals surface area contributed by atoms with E-state index in [1.165, 1.54) is 11.3 Å². The van der Waals surface area contributed by atoms with Crippen LogP contribution in [0.2, 0.25) is 0 Å². The third-order valence-electron chi connectivity index (χ3n) is 4.90. The molecular formula is C20H25N7O. The van der Waals surface area contributed by atoms with Crippen LogP contribution in [0.15, 0.2) is 30.5 Å². The van der Waals surface area contributed by atoms with Gasteiger partial charge in [0.25, 0.3) is 0 Å². The van der Waals surface area contributed by atoms with E-state index >= 15 is 0 Å². The normalized spacial score (nSPS) is 13.9. The molecule has 0 unspecified atom stereocenters. The van der Waals surface area contributed by atoms with Crippen LogP contribution in [0.4, 0.5) is 17.5 Å². The fourth-order valence-corrected chi connectivity index (χ4v) is 3.50. The summed E-state index contributed by atoms with van der Waals surface area (Å²) in [7, 11) is 5.65. The average molecular weight is 379 g/mol. The Labute approximate surface area is 164 Å². The monoisotopic (exact) mass is 379 g/mol. The van der Waals surface area contributed by atoms with Gasteiger partial charge in [0, 0.05) is 49.6 Å². The predicted molar refractivity (Wildman–Crippen MR) is 110 cm³/mol. The van der Waals surface area contributed by atoms with Gasteiger partial charge in [0.2, 0.25) is 5.95 Å². The predicted octanol–water partition coefficient (Wildman–Crippen LogP) is 2.75. The summed E-state index contributed by atoms with van der Waals surface area (Å²) in [6, 6.07) is 7.82. The largest absolute Gasteiger partial charge is 0.494 e. The fourth-order valence-electron chi connectivity index (χ4n) is 3.50. The van der Waals surface area contributed by atoms with Crippen LogP contribution in [-0.2, 0) is 13.0 Å². The van der Waals surface area contributed by atoms with Gasteiger partial charge in [0.15, 0.2) is 0 Å². The van der Waals surface area contributed by atoms with Gasteiger partial charge in [0.05, 0.1) is 19.0 Å². The van der Waals surface area contributed by atoms with Gasteiger partial charge in [-0.3, -0.25) is 0 Å². The number of hydrogen-bond donors (Lipinski definition) is 2. The highest BCUT2D eigenvalue weighted by Crippen LogP contribution is 2.30. The van der Waals surface area contributed by atoms with E-state index in [-0.39, 0.29) is 0 Å². The second-order valence-corrected chi connectivity index (χ2v) is 7.00. The van der Waals surface area contributed by atoms with Gasteiger partial charge >= 0.3 is 0 Å². The van der Waals surface area contributed by atoms with Crippen molar-refractivity contribution in [3.05, 3.63) is 47.4 Å². The SMILES string of the molecule is CNc1cc(C)nc(Nc2ccc(OC)c(-n3ncc4c3CCN(C)C4)c2)n1. The molecule has 2 aromatic heterocycles. The topological polar surface area (TPSA) is 80.1 Å². The first-order chi connectivity index (χ1) is 13.6. The number of fused-ring (bicyclic) bond motifs is 1. The second kappa shape index (κ2) is 7.47. The van der Waals surface area contributed by atoms with E-state index in [1.54, 1.807) is 7.11 Å². The van der Waals surface area contributed by atoms with Crippen molar-refractivity contribution in [3.8, 4) is 11.4 Å². The van der Waals surface area contributed by atoms with Crippen LogP contribution in [0.5, 0.6) is 5.75 Å². The summed E-state index contributed by atoms with van der Waals surface area (Å²) in [4.78, 5) is 11.2. The Balaban J connectivity index is 1.71. The maximum absolute atomic E-state index is 5.60. The lowest BCUT2D eigenvalue weighted by Gasteiger charge is -2.23. The smallest absolute Gasteiger partial charge is 0.229 e. The first kappa shape index (κ1) is 18.2. The van der Waals surface area contributed by atoms with Crippen LogP contribution in [0.3, 0.4) is 0 Å². The standard InChI is InChI=1S/C20H25N7O/c1-13-9-19(21-2)25-20(23-13)24-15-5-6-18(28-4)17(10-15)27-16-7-8-26(3)12-14(16)11-22-27/h5-6,9-11H,7-8,12H2,1-4H3,(H2,21,23,24,25). The molecule has 0 fully saturated rings. The first-order valence-corrected chi connectivity index (χ1v) is 9.30. The Kier molecular flexibility index (Phi) is 4.87. The molecule has 0 bridgehead atoms. The maximum atomic E-state index is 5.60. The quantitative estimate of drug-likeness (QED) is 0.705. The van der Waals surface area contributed by atoms with E-state index in [0.29, 0.717) is 5.95 Å². The minimum Gasteiger partial charge on any atom is -0.494 e. The highest BCUT2D eigenvalue weighted by molar-refractivity contribution is 5.63. The molecule has 3 heterocycles. The van der Waals surface area contributed by atoms with E-state index in [2.05, 4.69) is 37.6 Å². The Hall–Kier alpha value is -3.13. The van der Waals surface area contributed by atoms with E-state index in [9.17, 15) is 0 Å². The Morgan fingerprint density at radius 2 is 2.04 bits per heavy atom. The van der Waals surface area contributed by atoms with Crippen LogP contribution in [0.1, 0.15) is 17.0 Å². The molecule has 0 atom stereocenters. The number of likely N-dealkylation sites (N-methyl/N-ethyl adjacent to an activating group) is 1. The minimum absolute atomic E-state index is 0.546. The molecule has 0 aliphatic carbocycles. The van der Waals surface area contributed by atoms with Crippen LogP contribution in [0, 0.1) is 6.92 Å². The van der Waals surface area contributed by atoms with Crippen molar-refractivity contribution in [2.45, 2.75) is 19.9 Å². The highest BCUT2D eigenvalue weighted by atomic mass is 16.5. The third-order valence-corrected chi connectivity index (χ3v) is 4.90. The number of aromatic nitrogens is 4. The van der Waals surface area contributed by atoms with Gasteiger partial charge in [-0.15, -0.1) is 0 Å². The van der Waals surface area contributed by atoms with Crippen molar-refractivity contribution < 1.29 is 4.74 Å². The Bertz CT molecular complexity index is 998. The number of benzene rings is 1. The molecule has 28 heavy (non-hydrogen) atoms. The fraction of sp³-hybridized carbons (Fsp3) is 0.350. The van der Waals surface area contributed by atoms with Gasteiger partial charge in [0.1, 0.15) is 17.3 Å². The zero-order valence-corrected chi connectivity index (χ0v) is 16.7. The molecule has 2 N–H and O–H groups in total. The van der Waals surface area contributed by atoms with Gasteiger partial charge in [-0.25, -0.2) is 9.67 Å². The van der Waals surface area contributed by atoms with E-state index in [4.69, 9.17) is 4.74 Å². The molecule has 0 amide bonds. The lowest BCUT2D eigenvalue weighted by atomic mass is 10.1. The number of nitrogens with zero attached hydrogens (tertiary/aromatic N) is 5. The van der Waals surface area contributed by atoms with E-state index in [1.807, 2.05) is 49.1 Å². The van der Waals surface area contributed by atoms with Crippen molar-refractivity contribution in [3.63, 3.8) is 0 Å². The molecule has 1 aliphatic heterocycles. The molecule has 0 radical (unpaired) electrons. The summed E-state index contributed by atoms with van der Waals surface area (Å²) < 4.78 is 7.59. The third kappa shape index (κ3) is 3.50. The summed E-state index contributed by atoms with van der Waals surface area (Å²) in [5.74, 6) is 2.09. The van der Waals surface area contributed by atoms with Crippen molar-refractivity contribution in [1.82, 2.24) is 24.6 Å². The number of ether oxygens (including phenoxy) is 1. The first-order valence-electron chi connectivity index (χ1n) is 9.30. The number of hydrogen-bond acceptors (Lipinski definition) is 7. The van der Waals surface area contributed by atoms with Gasteiger partial charge in [-0.05, 0) is 32.2 Å². The lowest BCUT2D eigenvalue weighted by molar-refractivity contribution is 0.310. The molecule has 0 spiro atoms. The highest BCUT2D eigenvalue weighted by Gasteiger charge is 2.21. The Morgan fingerprint density at radius 3 is 2.82 bits per heavy atom. The van der Waals surface area contributed by atoms with Crippen LogP contribution in [0.25, 0.3) is 5.69 Å². The van der Waals surface area contributed by atoms with Gasteiger partial charge in [-0.1, -0.05) is 0 Å². The molecule has 1 aromatic carbocycles. The van der Waals surface area contributed by atoms with Crippen molar-refractivity contribution >= 4 is 17.5 Å². The van der Waals surface area contributed by atoms with Crippen LogP contribution >= 0.6 is 0 Å². The second-order valence-electron chi connectivity index (χ2n) is 7.00. The van der Waals surface area contributed by atoms with Gasteiger partial charge in [-0.2, -0.15) is 10.1 Å². The molecule has 0 saturated carbocycles. The summed E-state index contributed by atoms with van der Waals surface area (Å²) in [6.07, 6.45) is 2.91. The van der Waals surface area contributed by atoms with Crippen LogP contribution in [-0.4, -0.2) is 52.4 Å². The van der Waals surface area contributed by atoms with Crippen molar-refractivity contribution in [1.29, 1.82) is 0 Å². The molecule has 8 heteroatoms. The molecule has 146 valence electrons. The minimum atomic E-state index is 0.546. The summed E-state index contributed by atoms with van der Waals surface area (Å²) >= 11 is 0. The molecule has 3 aromatic rings. The summed E-state index contributed by atoms with van der Waals surface area (Å²) in [5.41, 5.74) is 5.16. The van der Waals surface area contributed by atoms with Crippen molar-refractivity contribution in [2.75, 3.05) is 38.4 Å².